The van der Waals surface area contributed by atoms with Crippen molar-refractivity contribution >= 4 is 40.7 Å². The lowest BCUT2D eigenvalue weighted by atomic mass is 10.2. The molecule has 108 valence electrons. The second kappa shape index (κ2) is 6.15. The van der Waals surface area contributed by atoms with Crippen LogP contribution < -0.4 is 16.4 Å². The zero-order valence-electron chi connectivity index (χ0n) is 10.8. The van der Waals surface area contributed by atoms with E-state index in [-0.39, 0.29) is 11.3 Å². The van der Waals surface area contributed by atoms with Crippen LogP contribution in [0.25, 0.3) is 0 Å². The Bertz CT molecular complexity index is 686. The third kappa shape index (κ3) is 3.87. The van der Waals surface area contributed by atoms with Crippen molar-refractivity contribution in [3.05, 3.63) is 53.1 Å². The molecule has 2 aromatic carbocycles. The summed E-state index contributed by atoms with van der Waals surface area (Å²) in [6.45, 7) is 0. The summed E-state index contributed by atoms with van der Waals surface area (Å²) < 4.78 is 0. The lowest BCUT2D eigenvalue weighted by Gasteiger charge is -2.10. The first-order valence-corrected chi connectivity index (χ1v) is 6.30. The van der Waals surface area contributed by atoms with Crippen molar-refractivity contribution in [2.45, 2.75) is 0 Å². The van der Waals surface area contributed by atoms with Gasteiger partial charge in [0.2, 0.25) is 0 Å². The second-order valence-electron chi connectivity index (χ2n) is 4.19. The van der Waals surface area contributed by atoms with E-state index in [2.05, 4.69) is 10.6 Å². The Balaban J connectivity index is 2.06. The van der Waals surface area contributed by atoms with E-state index in [0.29, 0.717) is 16.4 Å². The van der Waals surface area contributed by atoms with Crippen molar-refractivity contribution in [3.63, 3.8) is 0 Å². The maximum Gasteiger partial charge on any atom is 0.335 e. The summed E-state index contributed by atoms with van der Waals surface area (Å²) in [5, 5.41) is 14.5. The van der Waals surface area contributed by atoms with E-state index in [1.807, 2.05) is 0 Å². The van der Waals surface area contributed by atoms with Gasteiger partial charge in [-0.25, -0.2) is 9.59 Å². The van der Waals surface area contributed by atoms with Crippen LogP contribution in [0.3, 0.4) is 0 Å². The predicted octanol–water partition coefficient (Wildman–Crippen LogP) is 3.26. The van der Waals surface area contributed by atoms with E-state index in [9.17, 15) is 9.59 Å². The van der Waals surface area contributed by atoms with Crippen LogP contribution in [-0.4, -0.2) is 17.1 Å². The van der Waals surface area contributed by atoms with E-state index in [4.69, 9.17) is 22.4 Å². The Morgan fingerprint density at radius 3 is 2.29 bits per heavy atom. The molecule has 2 amide bonds. The molecule has 5 N–H and O–H groups in total. The average molecular weight is 306 g/mol. The lowest BCUT2D eigenvalue weighted by molar-refractivity contribution is 0.0697. The average Bonchev–Trinajstić information content (AvgIpc) is 2.43. The number of anilines is 3. The van der Waals surface area contributed by atoms with Crippen LogP contribution in [0.5, 0.6) is 0 Å². The molecule has 0 spiro atoms. The van der Waals surface area contributed by atoms with Gasteiger partial charge in [0.25, 0.3) is 0 Å². The van der Waals surface area contributed by atoms with Crippen molar-refractivity contribution < 1.29 is 14.7 Å². The summed E-state index contributed by atoms with van der Waals surface area (Å²) in [5.74, 6) is -1.08. The highest BCUT2D eigenvalue weighted by Crippen LogP contribution is 2.20. The molecular weight excluding hydrogens is 294 g/mol. The number of carbonyl (C=O) groups excluding carboxylic acids is 1. The van der Waals surface area contributed by atoms with E-state index < -0.39 is 12.0 Å². The number of aromatic carboxylic acids is 1. The minimum atomic E-state index is -1.08. The molecule has 21 heavy (non-hydrogen) atoms. The molecule has 0 radical (unpaired) electrons. The van der Waals surface area contributed by atoms with Crippen LogP contribution in [0.2, 0.25) is 5.02 Å². The van der Waals surface area contributed by atoms with E-state index >= 15 is 0 Å². The van der Waals surface area contributed by atoms with Gasteiger partial charge in [0.15, 0.2) is 0 Å². The highest BCUT2D eigenvalue weighted by atomic mass is 35.5. The molecule has 0 aromatic heterocycles. The number of hydrogen-bond donors (Lipinski definition) is 4. The van der Waals surface area contributed by atoms with Gasteiger partial charge in [0.1, 0.15) is 0 Å². The van der Waals surface area contributed by atoms with Gasteiger partial charge in [-0.05, 0) is 42.5 Å². The monoisotopic (exact) mass is 305 g/mol. The minimum absolute atomic E-state index is 0.0520. The van der Waals surface area contributed by atoms with Crippen LogP contribution in [0.4, 0.5) is 21.9 Å². The lowest BCUT2D eigenvalue weighted by Crippen LogP contribution is -2.20. The molecule has 7 heteroatoms. The molecular formula is C14H12ClN3O3. The number of rotatable bonds is 3. The third-order valence-electron chi connectivity index (χ3n) is 2.65. The maximum absolute atomic E-state index is 11.8. The molecule has 2 rings (SSSR count). The first-order chi connectivity index (χ1) is 9.95. The summed E-state index contributed by atoms with van der Waals surface area (Å²) in [6, 6.07) is 10.2. The van der Waals surface area contributed by atoms with Crippen LogP contribution >= 0.6 is 11.6 Å². The molecule has 0 atom stereocenters. The highest BCUT2D eigenvalue weighted by Gasteiger charge is 2.09. The quantitative estimate of drug-likeness (QED) is 0.653. The van der Waals surface area contributed by atoms with Crippen LogP contribution in [0.15, 0.2) is 42.5 Å². The van der Waals surface area contributed by atoms with Gasteiger partial charge in [0, 0.05) is 10.7 Å². The van der Waals surface area contributed by atoms with Gasteiger partial charge >= 0.3 is 12.0 Å². The fraction of sp³-hybridized carbons (Fsp3) is 0. The van der Waals surface area contributed by atoms with Gasteiger partial charge < -0.3 is 21.5 Å². The number of nitrogens with two attached hydrogens (primary N) is 1. The van der Waals surface area contributed by atoms with Crippen molar-refractivity contribution in [2.24, 2.45) is 0 Å². The SMILES string of the molecule is Nc1cc(C(=O)O)ccc1NC(=O)Nc1ccc(Cl)cc1. The first-order valence-electron chi connectivity index (χ1n) is 5.92. The summed E-state index contributed by atoms with van der Waals surface area (Å²) in [4.78, 5) is 22.6. The Morgan fingerprint density at radius 2 is 1.71 bits per heavy atom. The Hall–Kier alpha value is -2.73. The van der Waals surface area contributed by atoms with Gasteiger partial charge in [-0.3, -0.25) is 0 Å². The predicted molar refractivity (Wildman–Crippen MR) is 81.9 cm³/mol. The van der Waals surface area contributed by atoms with Crippen molar-refractivity contribution in [3.8, 4) is 0 Å². The minimum Gasteiger partial charge on any atom is -0.478 e. The number of carboxylic acids is 1. The Kier molecular flexibility index (Phi) is 4.30. The number of amides is 2. The molecule has 0 fully saturated rings. The van der Waals surface area contributed by atoms with E-state index in [1.54, 1.807) is 24.3 Å². The maximum atomic E-state index is 11.8. The van der Waals surface area contributed by atoms with E-state index in [1.165, 1.54) is 18.2 Å². The molecule has 0 aliphatic carbocycles. The normalized spacial score (nSPS) is 9.95. The number of carboxylic acid groups (broad SMARTS) is 1. The molecule has 0 aliphatic heterocycles. The summed E-state index contributed by atoms with van der Waals surface area (Å²) in [6.07, 6.45) is 0. The zero-order chi connectivity index (χ0) is 15.4. The number of urea groups is 1. The second-order valence-corrected chi connectivity index (χ2v) is 4.63. The van der Waals surface area contributed by atoms with Crippen molar-refractivity contribution in [1.29, 1.82) is 0 Å². The smallest absolute Gasteiger partial charge is 0.335 e. The first kappa shape index (κ1) is 14.7. The molecule has 0 heterocycles. The van der Waals surface area contributed by atoms with Crippen molar-refractivity contribution in [1.82, 2.24) is 0 Å². The summed E-state index contributed by atoms with van der Waals surface area (Å²) in [5.41, 5.74) is 6.81. The summed E-state index contributed by atoms with van der Waals surface area (Å²) >= 11 is 5.75. The topological polar surface area (TPSA) is 104 Å². The fourth-order valence-corrected chi connectivity index (χ4v) is 1.75. The molecule has 6 nitrogen and oxygen atoms in total. The van der Waals surface area contributed by atoms with Gasteiger partial charge in [-0.1, -0.05) is 11.6 Å². The molecule has 0 bridgehead atoms. The number of halogens is 1. The fourth-order valence-electron chi connectivity index (χ4n) is 1.63. The number of benzene rings is 2. The molecule has 2 aromatic rings. The third-order valence-corrected chi connectivity index (χ3v) is 2.90. The largest absolute Gasteiger partial charge is 0.478 e. The zero-order valence-corrected chi connectivity index (χ0v) is 11.5. The summed E-state index contributed by atoms with van der Waals surface area (Å²) in [7, 11) is 0. The molecule has 0 aliphatic rings. The van der Waals surface area contributed by atoms with Crippen LogP contribution in [-0.2, 0) is 0 Å². The molecule has 0 saturated heterocycles. The number of nitrogen functional groups attached to an aromatic ring is 1. The van der Waals surface area contributed by atoms with E-state index in [0.717, 1.165) is 0 Å². The standard InChI is InChI=1S/C14H12ClN3O3/c15-9-2-4-10(5-3-9)17-14(21)18-12-6-1-8(13(19)20)7-11(12)16/h1-7H,16H2,(H,19,20)(H2,17,18,21). The molecule has 0 unspecified atom stereocenters. The Labute approximate surface area is 125 Å². The highest BCUT2D eigenvalue weighted by molar-refractivity contribution is 6.30. The van der Waals surface area contributed by atoms with Gasteiger partial charge in [-0.15, -0.1) is 0 Å². The van der Waals surface area contributed by atoms with Crippen molar-refractivity contribution in [2.75, 3.05) is 16.4 Å². The van der Waals surface area contributed by atoms with Gasteiger partial charge in [0.05, 0.1) is 16.9 Å². The van der Waals surface area contributed by atoms with Crippen LogP contribution in [0, 0.1) is 0 Å². The van der Waals surface area contributed by atoms with Gasteiger partial charge in [-0.2, -0.15) is 0 Å². The number of hydrogen-bond acceptors (Lipinski definition) is 3. The Morgan fingerprint density at radius 1 is 1.05 bits per heavy atom. The molecule has 0 saturated carbocycles. The van der Waals surface area contributed by atoms with Crippen LogP contribution in [0.1, 0.15) is 10.4 Å². The number of nitrogens with one attached hydrogen (secondary N) is 2. The number of carbonyl (C=O) groups is 2.